The molecule has 0 saturated carbocycles. The van der Waals surface area contributed by atoms with E-state index in [1.165, 1.54) is 14.0 Å². The van der Waals surface area contributed by atoms with Crippen LogP contribution in [0.2, 0.25) is 0 Å². The minimum atomic E-state index is -4.40. The van der Waals surface area contributed by atoms with Gasteiger partial charge in [0.15, 0.2) is 0 Å². The fraction of sp³-hybridized carbons (Fsp3) is 0.400. The Hall–Kier alpha value is -1.23. The molecule has 0 aliphatic heterocycles. The summed E-state index contributed by atoms with van der Waals surface area (Å²) in [5.74, 6) is 0.297. The molecule has 0 aliphatic rings. The van der Waals surface area contributed by atoms with Gasteiger partial charge in [0.25, 0.3) is 0 Å². The second-order valence-electron chi connectivity index (χ2n) is 3.14. The Balaban J connectivity index is 3.32. The second kappa shape index (κ2) is 4.10. The fourth-order valence-electron chi connectivity index (χ4n) is 1.42. The Kier molecular flexibility index (Phi) is 3.24. The fourth-order valence-corrected chi connectivity index (χ4v) is 1.42. The lowest BCUT2D eigenvalue weighted by atomic mass is 10.0. The first-order chi connectivity index (χ1) is 6.90. The van der Waals surface area contributed by atoms with Crippen LogP contribution >= 0.6 is 0 Å². The lowest BCUT2D eigenvalue weighted by molar-refractivity contribution is -0.137. The van der Waals surface area contributed by atoms with E-state index in [1.807, 2.05) is 0 Å². The summed E-state index contributed by atoms with van der Waals surface area (Å²) in [5.41, 5.74) is -0.272. The van der Waals surface area contributed by atoms with Crippen LogP contribution in [0, 0.1) is 6.92 Å². The molecule has 0 atom stereocenters. The zero-order valence-corrected chi connectivity index (χ0v) is 8.35. The normalized spacial score (nSPS) is 11.6. The summed E-state index contributed by atoms with van der Waals surface area (Å²) < 4.78 is 42.1. The standard InChI is InChI=1S/C10H11F3O2/c1-6-3-8(10(11,12)13)4-7(5-14)9(6)15-2/h3-4,14H,5H2,1-2H3. The average Bonchev–Trinajstić information content (AvgIpc) is 2.15. The number of halogens is 3. The van der Waals surface area contributed by atoms with Gasteiger partial charge >= 0.3 is 6.18 Å². The molecule has 1 aromatic rings. The first-order valence-electron chi connectivity index (χ1n) is 4.25. The molecule has 0 heterocycles. The van der Waals surface area contributed by atoms with Crippen LogP contribution in [0.25, 0.3) is 0 Å². The number of rotatable bonds is 2. The van der Waals surface area contributed by atoms with Crippen molar-refractivity contribution in [3.8, 4) is 5.75 Å². The van der Waals surface area contributed by atoms with Gasteiger partial charge in [0.05, 0.1) is 19.3 Å². The van der Waals surface area contributed by atoms with Gasteiger partial charge in [-0.15, -0.1) is 0 Å². The molecule has 84 valence electrons. The Labute approximate surface area is 85.3 Å². The van der Waals surface area contributed by atoms with Gasteiger partial charge in [-0.25, -0.2) is 0 Å². The van der Waals surface area contributed by atoms with E-state index in [0.717, 1.165) is 12.1 Å². The summed E-state index contributed by atoms with van der Waals surface area (Å²) in [5, 5.41) is 8.92. The number of alkyl halides is 3. The number of aliphatic hydroxyl groups is 1. The van der Waals surface area contributed by atoms with Crippen LogP contribution < -0.4 is 4.74 Å². The third kappa shape index (κ3) is 2.41. The van der Waals surface area contributed by atoms with Gasteiger partial charge in [0.1, 0.15) is 5.75 Å². The number of hydrogen-bond acceptors (Lipinski definition) is 2. The van der Waals surface area contributed by atoms with E-state index in [4.69, 9.17) is 9.84 Å². The lowest BCUT2D eigenvalue weighted by Gasteiger charge is -2.14. The molecule has 0 spiro atoms. The molecular formula is C10H11F3O2. The van der Waals surface area contributed by atoms with E-state index in [0.29, 0.717) is 11.3 Å². The topological polar surface area (TPSA) is 29.5 Å². The molecule has 2 nitrogen and oxygen atoms in total. The quantitative estimate of drug-likeness (QED) is 0.829. The highest BCUT2D eigenvalue weighted by atomic mass is 19.4. The van der Waals surface area contributed by atoms with Crippen molar-refractivity contribution in [2.45, 2.75) is 19.7 Å². The molecule has 0 aromatic heterocycles. The minimum absolute atomic E-state index is 0.143. The Morgan fingerprint density at radius 3 is 2.33 bits per heavy atom. The van der Waals surface area contributed by atoms with Crippen molar-refractivity contribution in [2.24, 2.45) is 0 Å². The Bertz CT molecular complexity index is 358. The summed E-state index contributed by atoms with van der Waals surface area (Å²) in [6.45, 7) is 1.03. The maximum absolute atomic E-state index is 12.4. The van der Waals surface area contributed by atoms with E-state index >= 15 is 0 Å². The summed E-state index contributed by atoms with van der Waals surface area (Å²) in [6.07, 6.45) is -4.40. The highest BCUT2D eigenvalue weighted by molar-refractivity contribution is 5.44. The number of benzene rings is 1. The van der Waals surface area contributed by atoms with Gasteiger partial charge in [-0.2, -0.15) is 13.2 Å². The number of aliphatic hydroxyl groups excluding tert-OH is 1. The zero-order chi connectivity index (χ0) is 11.6. The first-order valence-corrected chi connectivity index (χ1v) is 4.25. The molecule has 1 N–H and O–H groups in total. The second-order valence-corrected chi connectivity index (χ2v) is 3.14. The van der Waals surface area contributed by atoms with Crippen molar-refractivity contribution < 1.29 is 23.0 Å². The molecule has 15 heavy (non-hydrogen) atoms. The minimum Gasteiger partial charge on any atom is -0.496 e. The van der Waals surface area contributed by atoms with Crippen LogP contribution in [0.1, 0.15) is 16.7 Å². The third-order valence-corrected chi connectivity index (χ3v) is 2.05. The first kappa shape index (κ1) is 11.8. The maximum Gasteiger partial charge on any atom is 0.416 e. The molecule has 5 heteroatoms. The summed E-state index contributed by atoms with van der Waals surface area (Å²) >= 11 is 0. The molecule has 0 fully saturated rings. The van der Waals surface area contributed by atoms with Crippen LogP contribution in [0.4, 0.5) is 13.2 Å². The van der Waals surface area contributed by atoms with Gasteiger partial charge in [-0.05, 0) is 24.6 Å². The van der Waals surface area contributed by atoms with Crippen molar-refractivity contribution in [1.82, 2.24) is 0 Å². The van der Waals surface area contributed by atoms with E-state index < -0.39 is 18.3 Å². The number of methoxy groups -OCH3 is 1. The van der Waals surface area contributed by atoms with Crippen molar-refractivity contribution >= 4 is 0 Å². The Morgan fingerprint density at radius 2 is 1.93 bits per heavy atom. The summed E-state index contributed by atoms with van der Waals surface area (Å²) in [6, 6.07) is 1.89. The van der Waals surface area contributed by atoms with Gasteiger partial charge in [0, 0.05) is 5.56 Å². The molecule has 0 aliphatic carbocycles. The van der Waals surface area contributed by atoms with E-state index in [-0.39, 0.29) is 5.56 Å². The van der Waals surface area contributed by atoms with E-state index in [1.54, 1.807) is 0 Å². The van der Waals surface area contributed by atoms with Crippen LogP contribution in [0.5, 0.6) is 5.75 Å². The molecule has 1 rings (SSSR count). The molecule has 0 radical (unpaired) electrons. The number of aryl methyl sites for hydroxylation is 1. The predicted molar refractivity (Wildman–Crippen MR) is 48.7 cm³/mol. The molecular weight excluding hydrogens is 209 g/mol. The van der Waals surface area contributed by atoms with Crippen molar-refractivity contribution in [3.63, 3.8) is 0 Å². The van der Waals surface area contributed by atoms with Crippen molar-refractivity contribution in [1.29, 1.82) is 0 Å². The monoisotopic (exact) mass is 220 g/mol. The van der Waals surface area contributed by atoms with Gasteiger partial charge in [-0.3, -0.25) is 0 Å². The maximum atomic E-state index is 12.4. The lowest BCUT2D eigenvalue weighted by Crippen LogP contribution is -2.07. The smallest absolute Gasteiger partial charge is 0.416 e. The molecule has 0 amide bonds. The predicted octanol–water partition coefficient (Wildman–Crippen LogP) is 2.51. The van der Waals surface area contributed by atoms with Crippen LogP contribution in [0.15, 0.2) is 12.1 Å². The van der Waals surface area contributed by atoms with Crippen molar-refractivity contribution in [3.05, 3.63) is 28.8 Å². The average molecular weight is 220 g/mol. The molecule has 0 bridgehead atoms. The third-order valence-electron chi connectivity index (χ3n) is 2.05. The molecule has 0 saturated heterocycles. The number of hydrogen-bond donors (Lipinski definition) is 1. The highest BCUT2D eigenvalue weighted by Gasteiger charge is 2.31. The van der Waals surface area contributed by atoms with Crippen LogP contribution in [-0.4, -0.2) is 12.2 Å². The summed E-state index contributed by atoms with van der Waals surface area (Å²) in [4.78, 5) is 0. The Morgan fingerprint density at radius 1 is 1.33 bits per heavy atom. The van der Waals surface area contributed by atoms with E-state index in [2.05, 4.69) is 0 Å². The van der Waals surface area contributed by atoms with Gasteiger partial charge in [0.2, 0.25) is 0 Å². The van der Waals surface area contributed by atoms with Gasteiger partial charge in [-0.1, -0.05) is 0 Å². The van der Waals surface area contributed by atoms with Crippen molar-refractivity contribution in [2.75, 3.05) is 7.11 Å². The largest absolute Gasteiger partial charge is 0.496 e. The SMILES string of the molecule is COc1c(C)cc(C(F)(F)F)cc1CO. The highest BCUT2D eigenvalue weighted by Crippen LogP contribution is 2.34. The van der Waals surface area contributed by atoms with Gasteiger partial charge < -0.3 is 9.84 Å². The van der Waals surface area contributed by atoms with Crippen LogP contribution in [0.3, 0.4) is 0 Å². The zero-order valence-electron chi connectivity index (χ0n) is 8.35. The van der Waals surface area contributed by atoms with E-state index in [9.17, 15) is 13.2 Å². The molecule has 0 unspecified atom stereocenters. The molecule has 1 aromatic carbocycles. The van der Waals surface area contributed by atoms with Crippen LogP contribution in [-0.2, 0) is 12.8 Å². The number of ether oxygens (including phenoxy) is 1. The summed E-state index contributed by atoms with van der Waals surface area (Å²) in [7, 11) is 1.36.